The molecule has 82 valence electrons. The van der Waals surface area contributed by atoms with Crippen molar-refractivity contribution in [2.75, 3.05) is 11.4 Å². The van der Waals surface area contributed by atoms with Gasteiger partial charge in [-0.25, -0.2) is 0 Å². The quantitative estimate of drug-likeness (QED) is 0.617. The fraction of sp³-hybridized carbons (Fsp3) is 0.0909. The zero-order valence-corrected chi connectivity index (χ0v) is 9.92. The second kappa shape index (κ2) is 4.49. The van der Waals surface area contributed by atoms with Crippen molar-refractivity contribution < 1.29 is 4.92 Å². The number of benzene rings is 1. The summed E-state index contributed by atoms with van der Waals surface area (Å²) in [5.74, 6) is 0. The number of allylic oxidation sites excluding steroid dienone is 2. The zero-order chi connectivity index (χ0) is 11.5. The Morgan fingerprint density at radius 2 is 2.19 bits per heavy atom. The van der Waals surface area contributed by atoms with Crippen molar-refractivity contribution in [3.63, 3.8) is 0 Å². The normalized spacial score (nSPS) is 14.2. The zero-order valence-electron chi connectivity index (χ0n) is 8.34. The van der Waals surface area contributed by atoms with Gasteiger partial charge in [-0.3, -0.25) is 10.1 Å². The van der Waals surface area contributed by atoms with E-state index < -0.39 is 0 Å². The maximum Gasteiger partial charge on any atom is 0.292 e. The predicted molar refractivity (Wildman–Crippen MR) is 66.4 cm³/mol. The van der Waals surface area contributed by atoms with Crippen molar-refractivity contribution in [3.8, 4) is 0 Å². The summed E-state index contributed by atoms with van der Waals surface area (Å²) in [7, 11) is 0. The number of hydrogen-bond donors (Lipinski definition) is 0. The Hall–Kier alpha value is -1.62. The monoisotopic (exact) mass is 280 g/mol. The Kier molecular flexibility index (Phi) is 3.05. The highest BCUT2D eigenvalue weighted by molar-refractivity contribution is 9.10. The van der Waals surface area contributed by atoms with E-state index in [2.05, 4.69) is 15.9 Å². The van der Waals surface area contributed by atoms with Crippen LogP contribution >= 0.6 is 15.9 Å². The van der Waals surface area contributed by atoms with Crippen LogP contribution in [0.1, 0.15) is 0 Å². The Morgan fingerprint density at radius 3 is 2.81 bits per heavy atom. The van der Waals surface area contributed by atoms with E-state index in [9.17, 15) is 10.1 Å². The molecule has 1 aromatic rings. The molecule has 2 rings (SSSR count). The van der Waals surface area contributed by atoms with Gasteiger partial charge in [0.25, 0.3) is 5.69 Å². The van der Waals surface area contributed by atoms with Crippen molar-refractivity contribution in [3.05, 3.63) is 57.2 Å². The van der Waals surface area contributed by atoms with E-state index in [1.54, 1.807) is 12.1 Å². The van der Waals surface area contributed by atoms with Gasteiger partial charge >= 0.3 is 0 Å². The number of nitro groups is 1. The summed E-state index contributed by atoms with van der Waals surface area (Å²) in [6, 6.07) is 4.93. The minimum atomic E-state index is -0.367. The minimum Gasteiger partial charge on any atom is -0.339 e. The van der Waals surface area contributed by atoms with Crippen LogP contribution in [0.3, 0.4) is 0 Å². The van der Waals surface area contributed by atoms with Crippen LogP contribution in [0.25, 0.3) is 0 Å². The molecular formula is C11H9BrN2O2. The number of anilines is 1. The third-order valence-electron chi connectivity index (χ3n) is 2.26. The maximum absolute atomic E-state index is 10.9. The van der Waals surface area contributed by atoms with Gasteiger partial charge in [-0.15, -0.1) is 0 Å². The molecule has 0 saturated heterocycles. The highest BCUT2D eigenvalue weighted by Gasteiger charge is 2.18. The molecule has 0 amide bonds. The molecule has 5 heteroatoms. The van der Waals surface area contributed by atoms with Crippen LogP contribution in [0.2, 0.25) is 0 Å². The molecule has 0 aromatic heterocycles. The van der Waals surface area contributed by atoms with E-state index in [4.69, 9.17) is 0 Å². The van der Waals surface area contributed by atoms with Gasteiger partial charge in [-0.2, -0.15) is 0 Å². The number of rotatable bonds is 2. The lowest BCUT2D eigenvalue weighted by atomic mass is 10.2. The molecule has 1 aliphatic rings. The van der Waals surface area contributed by atoms with Gasteiger partial charge < -0.3 is 4.90 Å². The first-order valence-corrected chi connectivity index (χ1v) is 5.52. The summed E-state index contributed by atoms with van der Waals surface area (Å²) in [6.07, 6.45) is 7.55. The molecule has 0 aliphatic carbocycles. The van der Waals surface area contributed by atoms with Crippen molar-refractivity contribution in [1.29, 1.82) is 0 Å². The number of nitro benzene ring substituents is 1. The first-order chi connectivity index (χ1) is 7.68. The standard InChI is InChI=1S/C11H9BrN2O2/c12-9-4-5-10(14(15)16)11(8-9)13-6-2-1-3-7-13/h1-6,8H,7H2. The van der Waals surface area contributed by atoms with E-state index in [0.29, 0.717) is 12.2 Å². The van der Waals surface area contributed by atoms with Crippen LogP contribution in [-0.2, 0) is 0 Å². The Bertz CT molecular complexity index is 483. The first kappa shape index (κ1) is 10.9. The second-order valence-corrected chi connectivity index (χ2v) is 4.23. The van der Waals surface area contributed by atoms with Crippen molar-refractivity contribution in [2.24, 2.45) is 0 Å². The van der Waals surface area contributed by atoms with Crippen molar-refractivity contribution in [1.82, 2.24) is 0 Å². The lowest BCUT2D eigenvalue weighted by Crippen LogP contribution is -2.18. The minimum absolute atomic E-state index is 0.114. The smallest absolute Gasteiger partial charge is 0.292 e. The van der Waals surface area contributed by atoms with Crippen molar-refractivity contribution >= 4 is 27.3 Å². The first-order valence-electron chi connectivity index (χ1n) is 4.72. The molecule has 0 bridgehead atoms. The van der Waals surface area contributed by atoms with Crippen LogP contribution in [0.15, 0.2) is 47.1 Å². The summed E-state index contributed by atoms with van der Waals surface area (Å²) in [6.45, 7) is 0.647. The highest BCUT2D eigenvalue weighted by Crippen LogP contribution is 2.31. The average Bonchev–Trinajstić information content (AvgIpc) is 2.29. The maximum atomic E-state index is 10.9. The number of nitrogens with zero attached hydrogens (tertiary/aromatic N) is 2. The van der Waals surface area contributed by atoms with Crippen LogP contribution in [0.4, 0.5) is 11.4 Å². The molecule has 0 unspecified atom stereocenters. The van der Waals surface area contributed by atoms with Gasteiger partial charge in [0.2, 0.25) is 0 Å². The molecule has 0 fully saturated rings. The molecule has 0 radical (unpaired) electrons. The lowest BCUT2D eigenvalue weighted by molar-refractivity contribution is -0.384. The molecule has 1 heterocycles. The average molecular weight is 281 g/mol. The molecule has 0 spiro atoms. The Labute approximate surface area is 101 Å². The van der Waals surface area contributed by atoms with Crippen LogP contribution in [0.5, 0.6) is 0 Å². The number of hydrogen-bond acceptors (Lipinski definition) is 3. The summed E-state index contributed by atoms with van der Waals surface area (Å²) in [5, 5.41) is 10.9. The summed E-state index contributed by atoms with van der Waals surface area (Å²) in [4.78, 5) is 12.4. The van der Waals surface area contributed by atoms with Crippen LogP contribution < -0.4 is 4.90 Å². The molecule has 16 heavy (non-hydrogen) atoms. The Balaban J connectivity index is 2.45. The molecule has 1 aromatic carbocycles. The van der Waals surface area contributed by atoms with Gasteiger partial charge in [0.1, 0.15) is 5.69 Å². The van der Waals surface area contributed by atoms with E-state index in [-0.39, 0.29) is 10.6 Å². The van der Waals surface area contributed by atoms with Gasteiger partial charge in [0, 0.05) is 23.3 Å². The molecule has 4 nitrogen and oxygen atoms in total. The summed E-state index contributed by atoms with van der Waals surface area (Å²) < 4.78 is 0.830. The molecule has 1 aliphatic heterocycles. The fourth-order valence-electron chi connectivity index (χ4n) is 1.53. The van der Waals surface area contributed by atoms with E-state index in [1.807, 2.05) is 29.3 Å². The summed E-state index contributed by atoms with van der Waals surface area (Å²) in [5.41, 5.74) is 0.711. The lowest BCUT2D eigenvalue weighted by Gasteiger charge is -2.20. The van der Waals surface area contributed by atoms with Gasteiger partial charge in [0.05, 0.1) is 4.92 Å². The van der Waals surface area contributed by atoms with E-state index in [1.165, 1.54) is 6.07 Å². The largest absolute Gasteiger partial charge is 0.339 e. The SMILES string of the molecule is O=[N+]([O-])c1ccc(Br)cc1N1C=CC=CC1. The van der Waals surface area contributed by atoms with Crippen LogP contribution in [0, 0.1) is 10.1 Å². The highest BCUT2D eigenvalue weighted by atomic mass is 79.9. The van der Waals surface area contributed by atoms with E-state index in [0.717, 1.165) is 4.47 Å². The van der Waals surface area contributed by atoms with Crippen LogP contribution in [-0.4, -0.2) is 11.5 Å². The Morgan fingerprint density at radius 1 is 1.38 bits per heavy atom. The fourth-order valence-corrected chi connectivity index (χ4v) is 1.88. The van der Waals surface area contributed by atoms with Gasteiger partial charge in [0.15, 0.2) is 0 Å². The molecule has 0 atom stereocenters. The van der Waals surface area contributed by atoms with Crippen molar-refractivity contribution in [2.45, 2.75) is 0 Å². The predicted octanol–water partition coefficient (Wildman–Crippen LogP) is 3.25. The van der Waals surface area contributed by atoms with Gasteiger partial charge in [-0.1, -0.05) is 28.1 Å². The number of halogens is 1. The summed E-state index contributed by atoms with van der Waals surface area (Å²) >= 11 is 3.32. The molecular weight excluding hydrogens is 272 g/mol. The van der Waals surface area contributed by atoms with Gasteiger partial charge in [-0.05, 0) is 18.2 Å². The molecule has 0 saturated carbocycles. The topological polar surface area (TPSA) is 46.4 Å². The van der Waals surface area contributed by atoms with E-state index >= 15 is 0 Å². The molecule has 0 N–H and O–H groups in total. The second-order valence-electron chi connectivity index (χ2n) is 3.31. The third-order valence-corrected chi connectivity index (χ3v) is 2.75. The third kappa shape index (κ3) is 2.14.